The summed E-state index contributed by atoms with van der Waals surface area (Å²) in [6, 6.07) is 15.5. The minimum atomic E-state index is 0.153. The molecule has 0 amide bonds. The second-order valence-corrected chi connectivity index (χ2v) is 6.70. The standard InChI is InChI=1S/C21H19ClN4O/c22-14-6-7-16-18(8-11-25-20(16)12-14)24-10-3-9-23-13-17-15-4-1-2-5-19(15)26-21(17)27/h1-2,4-8,11-13,26-27H,3,9-10H2,(H,24,25). The van der Waals surface area contributed by atoms with E-state index >= 15 is 0 Å². The van der Waals surface area contributed by atoms with Crippen LogP contribution in [-0.4, -0.2) is 34.4 Å². The van der Waals surface area contributed by atoms with Gasteiger partial charge in [-0.3, -0.25) is 9.98 Å². The predicted octanol–water partition coefficient (Wildman–Crippen LogP) is 5.00. The molecule has 2 heterocycles. The molecule has 136 valence electrons. The van der Waals surface area contributed by atoms with E-state index in [4.69, 9.17) is 11.6 Å². The second kappa shape index (κ2) is 7.68. The van der Waals surface area contributed by atoms with Crippen molar-refractivity contribution in [2.45, 2.75) is 6.42 Å². The number of aromatic amines is 1. The maximum atomic E-state index is 10.0. The van der Waals surface area contributed by atoms with Crippen molar-refractivity contribution >= 4 is 45.3 Å². The number of fused-ring (bicyclic) bond motifs is 2. The van der Waals surface area contributed by atoms with E-state index in [9.17, 15) is 5.11 Å². The van der Waals surface area contributed by atoms with Crippen LogP contribution in [0.1, 0.15) is 12.0 Å². The van der Waals surface area contributed by atoms with Crippen LogP contribution in [0, 0.1) is 0 Å². The molecule has 4 aromatic rings. The van der Waals surface area contributed by atoms with Crippen LogP contribution in [0.5, 0.6) is 5.88 Å². The van der Waals surface area contributed by atoms with E-state index in [1.165, 1.54) is 0 Å². The van der Waals surface area contributed by atoms with Gasteiger partial charge in [-0.2, -0.15) is 0 Å². The Labute approximate surface area is 161 Å². The van der Waals surface area contributed by atoms with E-state index in [2.05, 4.69) is 20.3 Å². The SMILES string of the molecule is Oc1[nH]c2ccccc2c1C=NCCCNc1ccnc2cc(Cl)ccc12. The topological polar surface area (TPSA) is 73.3 Å². The van der Waals surface area contributed by atoms with Gasteiger partial charge in [-0.1, -0.05) is 29.8 Å². The first kappa shape index (κ1) is 17.4. The lowest BCUT2D eigenvalue weighted by atomic mass is 10.2. The zero-order chi connectivity index (χ0) is 18.6. The van der Waals surface area contributed by atoms with E-state index in [-0.39, 0.29) is 5.88 Å². The Morgan fingerprint density at radius 3 is 2.96 bits per heavy atom. The molecule has 3 N–H and O–H groups in total. The third-order valence-electron chi connectivity index (χ3n) is 4.43. The molecule has 0 aliphatic carbocycles. The fourth-order valence-corrected chi connectivity index (χ4v) is 3.27. The molecule has 0 bridgehead atoms. The Hall–Kier alpha value is -3.05. The molecule has 0 aliphatic rings. The number of para-hydroxylation sites is 1. The number of H-pyrrole nitrogens is 1. The average molecular weight is 379 g/mol. The first-order valence-corrected chi connectivity index (χ1v) is 9.18. The summed E-state index contributed by atoms with van der Waals surface area (Å²) >= 11 is 6.03. The highest BCUT2D eigenvalue weighted by Crippen LogP contribution is 2.25. The molecular weight excluding hydrogens is 360 g/mol. The summed E-state index contributed by atoms with van der Waals surface area (Å²) in [6.45, 7) is 1.46. The van der Waals surface area contributed by atoms with Crippen LogP contribution in [0.2, 0.25) is 5.02 Å². The van der Waals surface area contributed by atoms with E-state index in [0.29, 0.717) is 11.6 Å². The number of hydrogen-bond donors (Lipinski definition) is 3. The minimum absolute atomic E-state index is 0.153. The average Bonchev–Trinajstić information content (AvgIpc) is 2.99. The molecular formula is C21H19ClN4O. The van der Waals surface area contributed by atoms with Gasteiger partial charge < -0.3 is 15.4 Å². The van der Waals surface area contributed by atoms with Gasteiger partial charge in [0.25, 0.3) is 0 Å². The van der Waals surface area contributed by atoms with Crippen molar-refractivity contribution < 1.29 is 5.11 Å². The van der Waals surface area contributed by atoms with Gasteiger partial charge in [-0.15, -0.1) is 0 Å². The maximum Gasteiger partial charge on any atom is 0.198 e. The van der Waals surface area contributed by atoms with Crippen molar-refractivity contribution in [3.05, 3.63) is 65.3 Å². The highest BCUT2D eigenvalue weighted by Gasteiger charge is 2.07. The molecule has 27 heavy (non-hydrogen) atoms. The molecule has 6 heteroatoms. The van der Waals surface area contributed by atoms with Crippen LogP contribution in [0.15, 0.2) is 59.7 Å². The number of benzene rings is 2. The number of nitrogens with one attached hydrogen (secondary N) is 2. The van der Waals surface area contributed by atoms with Crippen LogP contribution >= 0.6 is 11.6 Å². The van der Waals surface area contributed by atoms with Crippen molar-refractivity contribution in [1.82, 2.24) is 9.97 Å². The van der Waals surface area contributed by atoms with Crippen molar-refractivity contribution in [2.24, 2.45) is 4.99 Å². The Morgan fingerprint density at radius 1 is 1.15 bits per heavy atom. The summed E-state index contributed by atoms with van der Waals surface area (Å²) in [5, 5.41) is 16.2. The Morgan fingerprint density at radius 2 is 2.04 bits per heavy atom. The molecule has 0 fully saturated rings. The normalized spacial score (nSPS) is 11.6. The number of aromatic nitrogens is 2. The summed E-state index contributed by atoms with van der Waals surface area (Å²) in [5.74, 6) is 0.153. The summed E-state index contributed by atoms with van der Waals surface area (Å²) in [4.78, 5) is 11.8. The third-order valence-corrected chi connectivity index (χ3v) is 4.67. The molecule has 2 aromatic heterocycles. The predicted molar refractivity (Wildman–Crippen MR) is 112 cm³/mol. The van der Waals surface area contributed by atoms with Crippen molar-refractivity contribution in [2.75, 3.05) is 18.4 Å². The number of aliphatic imine (C=N–C) groups is 1. The quantitative estimate of drug-likeness (QED) is 0.326. The lowest BCUT2D eigenvalue weighted by Crippen LogP contribution is -2.03. The molecule has 2 aromatic carbocycles. The molecule has 5 nitrogen and oxygen atoms in total. The number of rotatable bonds is 6. The van der Waals surface area contributed by atoms with Crippen LogP contribution in [0.25, 0.3) is 21.8 Å². The number of pyridine rings is 1. The van der Waals surface area contributed by atoms with E-state index < -0.39 is 0 Å². The summed E-state index contributed by atoms with van der Waals surface area (Å²) in [5.41, 5.74) is 3.55. The lowest BCUT2D eigenvalue weighted by molar-refractivity contribution is 0.457. The molecule has 0 saturated carbocycles. The zero-order valence-corrected chi connectivity index (χ0v) is 15.4. The molecule has 0 radical (unpaired) electrons. The highest BCUT2D eigenvalue weighted by atomic mass is 35.5. The smallest absolute Gasteiger partial charge is 0.198 e. The third kappa shape index (κ3) is 3.73. The number of anilines is 1. The summed E-state index contributed by atoms with van der Waals surface area (Å²) in [7, 11) is 0. The van der Waals surface area contributed by atoms with Gasteiger partial charge in [-0.05, 0) is 36.8 Å². The Bertz CT molecular complexity index is 1120. The van der Waals surface area contributed by atoms with Gasteiger partial charge in [0, 0.05) is 52.5 Å². The number of halogens is 1. The van der Waals surface area contributed by atoms with Gasteiger partial charge in [0.05, 0.1) is 11.1 Å². The Kier molecular flexibility index (Phi) is 4.94. The van der Waals surface area contributed by atoms with E-state index in [0.717, 1.165) is 46.0 Å². The molecule has 4 rings (SSSR count). The largest absolute Gasteiger partial charge is 0.494 e. The number of nitrogens with zero attached hydrogens (tertiary/aromatic N) is 2. The first-order chi connectivity index (χ1) is 13.2. The van der Waals surface area contributed by atoms with Crippen LogP contribution in [-0.2, 0) is 0 Å². The van der Waals surface area contributed by atoms with E-state index in [1.54, 1.807) is 12.4 Å². The van der Waals surface area contributed by atoms with Crippen molar-refractivity contribution in [3.63, 3.8) is 0 Å². The molecule has 0 atom stereocenters. The second-order valence-electron chi connectivity index (χ2n) is 6.27. The fourth-order valence-electron chi connectivity index (χ4n) is 3.10. The van der Waals surface area contributed by atoms with Gasteiger partial charge in [-0.25, -0.2) is 0 Å². The van der Waals surface area contributed by atoms with Gasteiger partial charge >= 0.3 is 0 Å². The van der Waals surface area contributed by atoms with E-state index in [1.807, 2.05) is 48.5 Å². The lowest BCUT2D eigenvalue weighted by Gasteiger charge is -2.08. The molecule has 0 saturated heterocycles. The monoisotopic (exact) mass is 378 g/mol. The highest BCUT2D eigenvalue weighted by molar-refractivity contribution is 6.31. The van der Waals surface area contributed by atoms with Crippen molar-refractivity contribution in [1.29, 1.82) is 0 Å². The van der Waals surface area contributed by atoms with Crippen LogP contribution in [0.4, 0.5) is 5.69 Å². The number of aromatic hydroxyl groups is 1. The van der Waals surface area contributed by atoms with Crippen LogP contribution < -0.4 is 5.32 Å². The van der Waals surface area contributed by atoms with Gasteiger partial charge in [0.15, 0.2) is 5.88 Å². The first-order valence-electron chi connectivity index (χ1n) is 8.80. The molecule has 0 unspecified atom stereocenters. The minimum Gasteiger partial charge on any atom is -0.494 e. The van der Waals surface area contributed by atoms with Gasteiger partial charge in [0.1, 0.15) is 0 Å². The fraction of sp³-hybridized carbons (Fsp3) is 0.143. The molecule has 0 spiro atoms. The van der Waals surface area contributed by atoms with Gasteiger partial charge in [0.2, 0.25) is 0 Å². The Balaban J connectivity index is 1.36. The summed E-state index contributed by atoms with van der Waals surface area (Å²) < 4.78 is 0. The molecule has 0 aliphatic heterocycles. The van der Waals surface area contributed by atoms with Crippen molar-refractivity contribution in [3.8, 4) is 5.88 Å². The summed E-state index contributed by atoms with van der Waals surface area (Å²) in [6.07, 6.45) is 4.38. The zero-order valence-electron chi connectivity index (χ0n) is 14.6. The maximum absolute atomic E-state index is 10.0. The number of hydrogen-bond acceptors (Lipinski definition) is 4. The van der Waals surface area contributed by atoms with Crippen LogP contribution in [0.3, 0.4) is 0 Å².